The smallest absolute Gasteiger partial charge is 0.141 e. The first kappa shape index (κ1) is 12.1. The number of nitrogens with one attached hydrogen (secondary N) is 1. The molecule has 0 spiro atoms. The number of aromatic nitrogens is 1. The Labute approximate surface area is 106 Å². The summed E-state index contributed by atoms with van der Waals surface area (Å²) >= 11 is 0. The van der Waals surface area contributed by atoms with Gasteiger partial charge in [-0.25, -0.2) is 0 Å². The largest absolute Gasteiger partial charge is 0.486 e. The van der Waals surface area contributed by atoms with Gasteiger partial charge in [0.2, 0.25) is 0 Å². The molecular formula is C14H15N3O. The fraction of sp³-hybridized carbons (Fsp3) is 0.143. The summed E-state index contributed by atoms with van der Waals surface area (Å²) in [5.74, 6) is 0.597. The SMILES string of the molecule is CC(Oc1ccnc(C(=N)N)c1)c1ccccc1. The summed E-state index contributed by atoms with van der Waals surface area (Å²) in [7, 11) is 0. The molecule has 4 nitrogen and oxygen atoms in total. The standard InChI is InChI=1S/C14H15N3O/c1-10(11-5-3-2-4-6-11)18-12-7-8-17-13(9-12)14(15)16/h2-10H,1H3,(H3,15,16). The molecule has 2 aromatic rings. The number of pyridine rings is 1. The molecule has 1 unspecified atom stereocenters. The zero-order valence-corrected chi connectivity index (χ0v) is 10.1. The molecule has 92 valence electrons. The molecule has 0 radical (unpaired) electrons. The number of ether oxygens (including phenoxy) is 1. The van der Waals surface area contributed by atoms with Crippen molar-refractivity contribution < 1.29 is 4.74 Å². The van der Waals surface area contributed by atoms with Gasteiger partial charge in [0.25, 0.3) is 0 Å². The summed E-state index contributed by atoms with van der Waals surface area (Å²) in [5, 5.41) is 7.34. The number of benzene rings is 1. The van der Waals surface area contributed by atoms with Gasteiger partial charge in [-0.15, -0.1) is 0 Å². The molecule has 18 heavy (non-hydrogen) atoms. The van der Waals surface area contributed by atoms with Crippen LogP contribution in [0.25, 0.3) is 0 Å². The number of hydrogen-bond acceptors (Lipinski definition) is 3. The van der Waals surface area contributed by atoms with Crippen molar-refractivity contribution in [3.05, 3.63) is 59.9 Å². The van der Waals surface area contributed by atoms with Crippen LogP contribution in [0.3, 0.4) is 0 Å². The summed E-state index contributed by atoms with van der Waals surface area (Å²) in [6.07, 6.45) is 1.53. The van der Waals surface area contributed by atoms with Crippen molar-refractivity contribution >= 4 is 5.84 Å². The third-order valence-electron chi connectivity index (χ3n) is 2.59. The number of nitrogens with two attached hydrogens (primary N) is 1. The zero-order valence-electron chi connectivity index (χ0n) is 10.1. The van der Waals surface area contributed by atoms with Crippen LogP contribution in [-0.2, 0) is 0 Å². The molecule has 1 aromatic heterocycles. The molecule has 0 amide bonds. The van der Waals surface area contributed by atoms with Gasteiger partial charge >= 0.3 is 0 Å². The Kier molecular flexibility index (Phi) is 3.57. The number of nitrogen functional groups attached to an aromatic ring is 1. The van der Waals surface area contributed by atoms with Gasteiger partial charge in [0, 0.05) is 12.3 Å². The van der Waals surface area contributed by atoms with Crippen LogP contribution < -0.4 is 10.5 Å². The van der Waals surface area contributed by atoms with Crippen LogP contribution in [0.4, 0.5) is 0 Å². The maximum Gasteiger partial charge on any atom is 0.141 e. The minimum absolute atomic E-state index is 0.0617. The maximum absolute atomic E-state index is 7.34. The predicted molar refractivity (Wildman–Crippen MR) is 70.7 cm³/mol. The monoisotopic (exact) mass is 241 g/mol. The average Bonchev–Trinajstić information content (AvgIpc) is 2.40. The van der Waals surface area contributed by atoms with E-state index in [1.165, 1.54) is 0 Å². The summed E-state index contributed by atoms with van der Waals surface area (Å²) in [4.78, 5) is 3.99. The summed E-state index contributed by atoms with van der Waals surface area (Å²) in [6, 6.07) is 13.4. The van der Waals surface area contributed by atoms with Gasteiger partial charge < -0.3 is 10.5 Å². The lowest BCUT2D eigenvalue weighted by Gasteiger charge is -2.15. The van der Waals surface area contributed by atoms with Gasteiger partial charge in [0.1, 0.15) is 23.4 Å². The zero-order chi connectivity index (χ0) is 13.0. The number of hydrogen-bond donors (Lipinski definition) is 2. The fourth-order valence-electron chi connectivity index (χ4n) is 1.63. The minimum atomic E-state index is -0.0622. The Balaban J connectivity index is 2.14. The van der Waals surface area contributed by atoms with E-state index in [0.29, 0.717) is 11.4 Å². The van der Waals surface area contributed by atoms with Crippen molar-refractivity contribution in [2.24, 2.45) is 5.73 Å². The fourth-order valence-corrected chi connectivity index (χ4v) is 1.63. The third kappa shape index (κ3) is 2.85. The van der Waals surface area contributed by atoms with E-state index in [9.17, 15) is 0 Å². The van der Waals surface area contributed by atoms with E-state index in [-0.39, 0.29) is 11.9 Å². The third-order valence-corrected chi connectivity index (χ3v) is 2.59. The van der Waals surface area contributed by atoms with E-state index in [4.69, 9.17) is 15.9 Å². The highest BCUT2D eigenvalue weighted by Crippen LogP contribution is 2.21. The molecule has 3 N–H and O–H groups in total. The Morgan fingerprint density at radius 2 is 2.00 bits per heavy atom. The molecule has 1 heterocycles. The Bertz CT molecular complexity index is 540. The quantitative estimate of drug-likeness (QED) is 0.638. The predicted octanol–water partition coefficient (Wildman–Crippen LogP) is 2.51. The van der Waals surface area contributed by atoms with Crippen molar-refractivity contribution in [1.82, 2.24) is 4.98 Å². The number of rotatable bonds is 4. The normalized spacial score (nSPS) is 11.8. The second-order valence-corrected chi connectivity index (χ2v) is 3.96. The Morgan fingerprint density at radius 1 is 1.28 bits per heavy atom. The topological polar surface area (TPSA) is 72.0 Å². The van der Waals surface area contributed by atoms with Gasteiger partial charge in [-0.1, -0.05) is 30.3 Å². The highest BCUT2D eigenvalue weighted by atomic mass is 16.5. The molecule has 1 atom stereocenters. The first-order chi connectivity index (χ1) is 8.66. The minimum Gasteiger partial charge on any atom is -0.486 e. The van der Waals surface area contributed by atoms with Crippen LogP contribution in [-0.4, -0.2) is 10.8 Å². The van der Waals surface area contributed by atoms with Gasteiger partial charge in [-0.3, -0.25) is 10.4 Å². The van der Waals surface area contributed by atoms with Crippen LogP contribution in [0.15, 0.2) is 48.7 Å². The molecule has 0 bridgehead atoms. The molecular weight excluding hydrogens is 226 g/mol. The summed E-state index contributed by atoms with van der Waals surface area (Å²) in [6.45, 7) is 1.98. The molecule has 0 aliphatic heterocycles. The van der Waals surface area contributed by atoms with Crippen LogP contribution in [0.2, 0.25) is 0 Å². The lowest BCUT2D eigenvalue weighted by atomic mass is 10.1. The highest BCUT2D eigenvalue weighted by molar-refractivity contribution is 5.93. The van der Waals surface area contributed by atoms with E-state index >= 15 is 0 Å². The molecule has 0 fully saturated rings. The molecule has 2 rings (SSSR count). The van der Waals surface area contributed by atoms with Crippen molar-refractivity contribution in [3.8, 4) is 5.75 Å². The Morgan fingerprint density at radius 3 is 2.67 bits per heavy atom. The van der Waals surface area contributed by atoms with E-state index in [0.717, 1.165) is 5.56 Å². The van der Waals surface area contributed by atoms with Gasteiger partial charge in [0.15, 0.2) is 0 Å². The first-order valence-electron chi connectivity index (χ1n) is 5.69. The lowest BCUT2D eigenvalue weighted by Crippen LogP contribution is -2.13. The van der Waals surface area contributed by atoms with Crippen molar-refractivity contribution in [3.63, 3.8) is 0 Å². The van der Waals surface area contributed by atoms with Crippen LogP contribution in [0.1, 0.15) is 24.3 Å². The van der Waals surface area contributed by atoms with E-state index in [2.05, 4.69) is 4.98 Å². The van der Waals surface area contributed by atoms with Gasteiger partial charge in [-0.05, 0) is 18.6 Å². The first-order valence-corrected chi connectivity index (χ1v) is 5.69. The molecule has 4 heteroatoms. The van der Waals surface area contributed by atoms with Crippen molar-refractivity contribution in [1.29, 1.82) is 5.41 Å². The number of nitrogens with zero attached hydrogens (tertiary/aromatic N) is 1. The van der Waals surface area contributed by atoms with E-state index in [1.807, 2.05) is 37.3 Å². The van der Waals surface area contributed by atoms with Crippen LogP contribution in [0, 0.1) is 5.41 Å². The molecule has 0 saturated heterocycles. The maximum atomic E-state index is 7.34. The molecule has 0 aliphatic carbocycles. The molecule has 1 aromatic carbocycles. The van der Waals surface area contributed by atoms with Crippen LogP contribution >= 0.6 is 0 Å². The molecule has 0 saturated carbocycles. The highest BCUT2D eigenvalue weighted by Gasteiger charge is 2.07. The summed E-state index contributed by atoms with van der Waals surface area (Å²) in [5.41, 5.74) is 6.91. The van der Waals surface area contributed by atoms with E-state index < -0.39 is 0 Å². The second-order valence-electron chi connectivity index (χ2n) is 3.96. The second kappa shape index (κ2) is 5.31. The average molecular weight is 241 g/mol. The van der Waals surface area contributed by atoms with Crippen molar-refractivity contribution in [2.75, 3.05) is 0 Å². The van der Waals surface area contributed by atoms with Gasteiger partial charge in [-0.2, -0.15) is 0 Å². The number of amidine groups is 1. The summed E-state index contributed by atoms with van der Waals surface area (Å²) < 4.78 is 5.80. The van der Waals surface area contributed by atoms with E-state index in [1.54, 1.807) is 18.3 Å². The van der Waals surface area contributed by atoms with Crippen molar-refractivity contribution in [2.45, 2.75) is 13.0 Å². The lowest BCUT2D eigenvalue weighted by molar-refractivity contribution is 0.226. The van der Waals surface area contributed by atoms with Gasteiger partial charge in [0.05, 0.1) is 0 Å². The molecule has 0 aliphatic rings. The van der Waals surface area contributed by atoms with Crippen LogP contribution in [0.5, 0.6) is 5.75 Å². The Hall–Kier alpha value is -2.36.